The van der Waals surface area contributed by atoms with Crippen LogP contribution in [-0.2, 0) is 35.2 Å². The van der Waals surface area contributed by atoms with Gasteiger partial charge in [-0.25, -0.2) is 4.79 Å². The van der Waals surface area contributed by atoms with Crippen LogP contribution < -0.4 is 27.4 Å². The van der Waals surface area contributed by atoms with Crippen molar-refractivity contribution >= 4 is 48.2 Å². The summed E-state index contributed by atoms with van der Waals surface area (Å²) in [6, 6.07) is 0.219. The third kappa shape index (κ3) is 10.6. The molecule has 0 radical (unpaired) electrons. The van der Waals surface area contributed by atoms with E-state index in [0.717, 1.165) is 0 Å². The molecule has 36 heavy (non-hydrogen) atoms. The molecule has 0 spiro atoms. The average molecular weight is 528 g/mol. The maximum atomic E-state index is 12.7. The Morgan fingerprint density at radius 1 is 0.861 bits per heavy atom. The summed E-state index contributed by atoms with van der Waals surface area (Å²) < 4.78 is 0. The van der Waals surface area contributed by atoms with E-state index in [1.54, 1.807) is 0 Å². The lowest BCUT2D eigenvalue weighted by atomic mass is 10.0. The number of rotatable bonds is 15. The number of amides is 4. The van der Waals surface area contributed by atoms with Crippen molar-refractivity contribution < 1.29 is 44.1 Å². The average Bonchev–Trinajstić information content (AvgIpc) is 2.80. The fourth-order valence-corrected chi connectivity index (χ4v) is 3.18. The molecule has 1 aromatic carbocycles. The van der Waals surface area contributed by atoms with Crippen LogP contribution in [0.2, 0.25) is 0 Å². The maximum Gasteiger partial charge on any atom is 0.326 e. The molecule has 0 aliphatic heterocycles. The Kier molecular flexibility index (Phi) is 12.2. The molecule has 14 nitrogen and oxygen atoms in total. The molecule has 0 saturated carbocycles. The summed E-state index contributed by atoms with van der Waals surface area (Å²) in [7, 11) is 0. The van der Waals surface area contributed by atoms with Gasteiger partial charge in [0.05, 0.1) is 12.5 Å². The maximum absolute atomic E-state index is 12.7. The van der Waals surface area contributed by atoms with Gasteiger partial charge < -0.3 is 42.7 Å². The Bertz CT molecular complexity index is 973. The number of benzene rings is 1. The number of aromatic hydroxyl groups is 1. The summed E-state index contributed by atoms with van der Waals surface area (Å²) in [6.45, 7) is 0. The molecule has 0 bridgehead atoms. The Morgan fingerprint density at radius 2 is 1.39 bits per heavy atom. The van der Waals surface area contributed by atoms with Crippen molar-refractivity contribution in [2.24, 2.45) is 11.5 Å². The first kappa shape index (κ1) is 30.2. The molecule has 15 heteroatoms. The molecule has 0 aromatic heterocycles. The van der Waals surface area contributed by atoms with Crippen molar-refractivity contribution in [3.8, 4) is 5.75 Å². The zero-order chi connectivity index (χ0) is 27.4. The van der Waals surface area contributed by atoms with Gasteiger partial charge in [-0.1, -0.05) is 12.1 Å². The summed E-state index contributed by atoms with van der Waals surface area (Å²) in [5.74, 6) is -6.76. The van der Waals surface area contributed by atoms with Crippen LogP contribution in [0.25, 0.3) is 0 Å². The highest BCUT2D eigenvalue weighted by atomic mass is 32.1. The summed E-state index contributed by atoms with van der Waals surface area (Å²) in [6.07, 6.45) is -1.41. The van der Waals surface area contributed by atoms with Gasteiger partial charge in [-0.3, -0.25) is 24.0 Å². The Morgan fingerprint density at radius 3 is 1.89 bits per heavy atom. The largest absolute Gasteiger partial charge is 0.508 e. The van der Waals surface area contributed by atoms with Crippen LogP contribution >= 0.6 is 12.6 Å². The van der Waals surface area contributed by atoms with E-state index < -0.39 is 66.2 Å². The predicted octanol–water partition coefficient (Wildman–Crippen LogP) is -2.53. The molecule has 1 rings (SSSR count). The van der Waals surface area contributed by atoms with E-state index in [0.29, 0.717) is 5.56 Å². The van der Waals surface area contributed by atoms with Gasteiger partial charge in [-0.2, -0.15) is 12.6 Å². The third-order valence-electron chi connectivity index (χ3n) is 4.85. The number of hydrogen-bond donors (Lipinski definition) is 9. The van der Waals surface area contributed by atoms with Crippen molar-refractivity contribution in [3.63, 3.8) is 0 Å². The minimum absolute atomic E-state index is 0.0142. The number of phenols is 1. The van der Waals surface area contributed by atoms with Gasteiger partial charge in [-0.05, 0) is 30.5 Å². The fourth-order valence-electron chi connectivity index (χ4n) is 2.92. The number of aliphatic carboxylic acids is 2. The zero-order valence-electron chi connectivity index (χ0n) is 19.0. The second kappa shape index (κ2) is 14.5. The van der Waals surface area contributed by atoms with Crippen LogP contribution in [0.1, 0.15) is 24.8 Å². The van der Waals surface area contributed by atoms with Gasteiger partial charge in [0.15, 0.2) is 0 Å². The van der Waals surface area contributed by atoms with Crippen LogP contribution in [0, 0.1) is 0 Å². The third-order valence-corrected chi connectivity index (χ3v) is 5.22. The van der Waals surface area contributed by atoms with Gasteiger partial charge in [0.25, 0.3) is 0 Å². The quantitative estimate of drug-likeness (QED) is 0.108. The number of carbonyl (C=O) groups excluding carboxylic acids is 4. The molecule has 1 aromatic rings. The fraction of sp³-hybridized carbons (Fsp3) is 0.429. The summed E-state index contributed by atoms with van der Waals surface area (Å²) in [5, 5.41) is 34.3. The summed E-state index contributed by atoms with van der Waals surface area (Å²) in [4.78, 5) is 71.1. The van der Waals surface area contributed by atoms with Crippen LogP contribution in [0.5, 0.6) is 5.75 Å². The van der Waals surface area contributed by atoms with E-state index >= 15 is 0 Å². The molecular formula is C21H29N5O9S. The van der Waals surface area contributed by atoms with Crippen LogP contribution in [-0.4, -0.2) is 80.8 Å². The van der Waals surface area contributed by atoms with Gasteiger partial charge in [0.2, 0.25) is 23.6 Å². The highest BCUT2D eigenvalue weighted by Crippen LogP contribution is 2.11. The monoisotopic (exact) mass is 527 g/mol. The number of nitrogens with two attached hydrogens (primary N) is 2. The second-order valence-corrected chi connectivity index (χ2v) is 8.15. The summed E-state index contributed by atoms with van der Waals surface area (Å²) >= 11 is 3.95. The molecule has 0 heterocycles. The number of carboxylic acid groups (broad SMARTS) is 2. The van der Waals surface area contributed by atoms with Crippen molar-refractivity contribution in [1.29, 1.82) is 0 Å². The number of phenolic OH excluding ortho intramolecular Hbond substituents is 1. The predicted molar refractivity (Wildman–Crippen MR) is 128 cm³/mol. The number of thiol groups is 1. The Balaban J connectivity index is 2.85. The minimum Gasteiger partial charge on any atom is -0.508 e. The minimum atomic E-state index is -1.61. The first-order valence-corrected chi connectivity index (χ1v) is 11.3. The topological polar surface area (TPSA) is 251 Å². The van der Waals surface area contributed by atoms with Gasteiger partial charge in [-0.15, -0.1) is 0 Å². The zero-order valence-corrected chi connectivity index (χ0v) is 19.9. The molecule has 4 atom stereocenters. The highest BCUT2D eigenvalue weighted by molar-refractivity contribution is 7.80. The molecule has 198 valence electrons. The molecule has 4 amide bonds. The van der Waals surface area contributed by atoms with Crippen molar-refractivity contribution in [1.82, 2.24) is 16.0 Å². The highest BCUT2D eigenvalue weighted by Gasteiger charge is 2.31. The lowest BCUT2D eigenvalue weighted by Crippen LogP contribution is -2.58. The van der Waals surface area contributed by atoms with E-state index in [-0.39, 0.29) is 30.8 Å². The number of carboxylic acids is 2. The van der Waals surface area contributed by atoms with Crippen molar-refractivity contribution in [2.75, 3.05) is 5.75 Å². The van der Waals surface area contributed by atoms with E-state index in [9.17, 15) is 39.0 Å². The van der Waals surface area contributed by atoms with Gasteiger partial charge >= 0.3 is 11.9 Å². The molecule has 10 N–H and O–H groups in total. The smallest absolute Gasteiger partial charge is 0.326 e. The van der Waals surface area contributed by atoms with E-state index in [4.69, 9.17) is 16.6 Å². The van der Waals surface area contributed by atoms with Crippen molar-refractivity contribution in [3.05, 3.63) is 29.8 Å². The van der Waals surface area contributed by atoms with E-state index in [2.05, 4.69) is 28.6 Å². The molecule has 0 aliphatic rings. The number of nitrogens with one attached hydrogen (secondary N) is 3. The molecule has 0 fully saturated rings. The number of hydrogen-bond acceptors (Lipinski definition) is 9. The van der Waals surface area contributed by atoms with Crippen LogP contribution in [0.4, 0.5) is 0 Å². The van der Waals surface area contributed by atoms with Gasteiger partial charge in [0, 0.05) is 12.2 Å². The first-order valence-electron chi connectivity index (χ1n) is 10.6. The molecule has 0 saturated heterocycles. The first-order chi connectivity index (χ1) is 16.8. The molecular weight excluding hydrogens is 498 g/mol. The standard InChI is InChI=1S/C21H29N5O9S/c22-12(7-10-1-3-11(27)4-2-10)18(31)25-14(8-17(29)30)19(32)26-15(9-36)20(33)24-13(21(34)35)5-6-16(23)28/h1-4,12-15,27,36H,5-9,22H2,(H2,23,28)(H,24,33)(H,25,31)(H,26,32)(H,29,30)(H,34,35). The SMILES string of the molecule is NC(=O)CCC(NC(=O)C(CS)NC(=O)C(CC(=O)O)NC(=O)C(N)Cc1ccc(O)cc1)C(=O)O. The Labute approximate surface area is 211 Å². The van der Waals surface area contributed by atoms with Crippen LogP contribution in [0.3, 0.4) is 0 Å². The Hall–Kier alpha value is -3.85. The van der Waals surface area contributed by atoms with Gasteiger partial charge in [0.1, 0.15) is 23.9 Å². The lowest BCUT2D eigenvalue weighted by Gasteiger charge is -2.23. The van der Waals surface area contributed by atoms with Crippen LogP contribution in [0.15, 0.2) is 24.3 Å². The summed E-state index contributed by atoms with van der Waals surface area (Å²) in [5.41, 5.74) is 11.5. The second-order valence-electron chi connectivity index (χ2n) is 7.78. The number of carbonyl (C=O) groups is 6. The normalized spacial score (nSPS) is 13.9. The van der Waals surface area contributed by atoms with E-state index in [1.807, 2.05) is 0 Å². The lowest BCUT2D eigenvalue weighted by molar-refractivity contribution is -0.143. The molecule has 4 unspecified atom stereocenters. The number of primary amides is 1. The van der Waals surface area contributed by atoms with Crippen molar-refractivity contribution in [2.45, 2.75) is 49.9 Å². The molecule has 0 aliphatic carbocycles. The van der Waals surface area contributed by atoms with E-state index in [1.165, 1.54) is 24.3 Å².